The van der Waals surface area contributed by atoms with Gasteiger partial charge in [0.15, 0.2) is 11.5 Å². The van der Waals surface area contributed by atoms with E-state index in [9.17, 15) is 8.78 Å². The number of pyridine rings is 1. The highest BCUT2D eigenvalue weighted by molar-refractivity contribution is 6.03. The minimum atomic E-state index is -0.651. The van der Waals surface area contributed by atoms with E-state index < -0.39 is 11.6 Å². The van der Waals surface area contributed by atoms with Crippen LogP contribution < -0.4 is 14.5 Å². The molecule has 0 fully saturated rings. The lowest BCUT2D eigenvalue weighted by Gasteiger charge is -2.24. The summed E-state index contributed by atoms with van der Waals surface area (Å²) in [4.78, 5) is 4.49. The standard InChI is InChI=1S/C34H27F2N3O2/c35-27-15-16-28(29(36)20-27)30-21-31(39(38-30)34-13-7-8-18-37-34)26-14-17-32(40-22-24-9-3-1-4-10-24)33(19-26)41-23-25-11-5-2-6-12-25/h1-20,31H,21-23H2. The van der Waals surface area contributed by atoms with Crippen LogP contribution in [-0.2, 0) is 13.2 Å². The Bertz CT molecular complexity index is 1650. The molecule has 0 amide bonds. The first-order chi connectivity index (χ1) is 20.1. The van der Waals surface area contributed by atoms with Gasteiger partial charge in [0.2, 0.25) is 0 Å². The largest absolute Gasteiger partial charge is 0.485 e. The Labute approximate surface area is 237 Å². The van der Waals surface area contributed by atoms with Crippen LogP contribution in [0, 0.1) is 11.6 Å². The van der Waals surface area contributed by atoms with Gasteiger partial charge in [0, 0.05) is 24.2 Å². The van der Waals surface area contributed by atoms with Gasteiger partial charge in [-0.3, -0.25) is 0 Å². The Kier molecular flexibility index (Phi) is 7.67. The van der Waals surface area contributed by atoms with Gasteiger partial charge in [-0.2, -0.15) is 5.10 Å². The van der Waals surface area contributed by atoms with Crippen molar-refractivity contribution in [1.82, 2.24) is 4.98 Å². The summed E-state index contributed by atoms with van der Waals surface area (Å²) < 4.78 is 40.9. The molecule has 2 heterocycles. The van der Waals surface area contributed by atoms with Crippen molar-refractivity contribution in [3.8, 4) is 11.5 Å². The van der Waals surface area contributed by atoms with Crippen LogP contribution in [0.3, 0.4) is 0 Å². The van der Waals surface area contributed by atoms with Gasteiger partial charge in [-0.15, -0.1) is 0 Å². The number of halogens is 2. The minimum absolute atomic E-state index is 0.262. The summed E-state index contributed by atoms with van der Waals surface area (Å²) in [5, 5.41) is 6.53. The Morgan fingerprint density at radius 1 is 0.707 bits per heavy atom. The summed E-state index contributed by atoms with van der Waals surface area (Å²) in [6, 6.07) is 34.5. The predicted molar refractivity (Wildman–Crippen MR) is 155 cm³/mol. The monoisotopic (exact) mass is 547 g/mol. The maximum absolute atomic E-state index is 14.8. The number of ether oxygens (including phenoxy) is 2. The third-order valence-corrected chi connectivity index (χ3v) is 6.86. The zero-order valence-electron chi connectivity index (χ0n) is 22.2. The molecule has 5 aromatic rings. The number of hydrogen-bond donors (Lipinski definition) is 0. The zero-order valence-corrected chi connectivity index (χ0v) is 22.2. The molecule has 4 aromatic carbocycles. The number of aromatic nitrogens is 1. The van der Waals surface area contributed by atoms with Gasteiger partial charge in [-0.05, 0) is 53.1 Å². The van der Waals surface area contributed by atoms with Crippen LogP contribution in [0.4, 0.5) is 14.6 Å². The van der Waals surface area contributed by atoms with E-state index in [1.165, 1.54) is 12.1 Å². The van der Waals surface area contributed by atoms with E-state index in [1.807, 2.05) is 97.1 Å². The molecule has 204 valence electrons. The topological polar surface area (TPSA) is 47.0 Å². The van der Waals surface area contributed by atoms with E-state index in [0.29, 0.717) is 42.7 Å². The molecule has 0 saturated carbocycles. The van der Waals surface area contributed by atoms with Gasteiger partial charge >= 0.3 is 0 Å². The summed E-state index contributed by atoms with van der Waals surface area (Å²) in [7, 11) is 0. The van der Waals surface area contributed by atoms with Gasteiger partial charge in [-0.25, -0.2) is 18.8 Å². The highest BCUT2D eigenvalue weighted by Crippen LogP contribution is 2.40. The smallest absolute Gasteiger partial charge is 0.162 e. The summed E-state index contributed by atoms with van der Waals surface area (Å²) >= 11 is 0. The molecular weight excluding hydrogens is 520 g/mol. The van der Waals surface area contributed by atoms with Crippen molar-refractivity contribution in [1.29, 1.82) is 0 Å². The number of hydrazone groups is 1. The van der Waals surface area contributed by atoms with Gasteiger partial charge in [0.1, 0.15) is 30.7 Å². The number of benzene rings is 4. The van der Waals surface area contributed by atoms with Crippen molar-refractivity contribution >= 4 is 11.5 Å². The summed E-state index contributed by atoms with van der Waals surface area (Å²) in [6.07, 6.45) is 2.08. The molecule has 0 radical (unpaired) electrons. The molecule has 7 heteroatoms. The summed E-state index contributed by atoms with van der Waals surface area (Å²) in [6.45, 7) is 0.756. The van der Waals surface area contributed by atoms with E-state index in [-0.39, 0.29) is 11.6 Å². The van der Waals surface area contributed by atoms with Crippen LogP contribution in [0.5, 0.6) is 11.5 Å². The second-order valence-corrected chi connectivity index (χ2v) is 9.68. The lowest BCUT2D eigenvalue weighted by molar-refractivity contribution is 0.255. The molecule has 0 spiro atoms. The Hall–Kier alpha value is -5.04. The fourth-order valence-electron chi connectivity index (χ4n) is 4.79. The molecule has 0 saturated heterocycles. The quantitative estimate of drug-likeness (QED) is 0.188. The molecule has 1 aliphatic heterocycles. The van der Waals surface area contributed by atoms with Crippen LogP contribution in [0.15, 0.2) is 127 Å². The predicted octanol–water partition coefficient (Wildman–Crippen LogP) is 7.87. The first kappa shape index (κ1) is 26.2. The van der Waals surface area contributed by atoms with E-state index >= 15 is 0 Å². The minimum Gasteiger partial charge on any atom is -0.485 e. The van der Waals surface area contributed by atoms with Crippen molar-refractivity contribution in [2.24, 2.45) is 5.10 Å². The molecule has 0 aliphatic carbocycles. The van der Waals surface area contributed by atoms with Crippen molar-refractivity contribution in [3.63, 3.8) is 0 Å². The maximum atomic E-state index is 14.8. The van der Waals surface area contributed by atoms with Crippen LogP contribution in [0.25, 0.3) is 0 Å². The SMILES string of the molecule is Fc1ccc(C2=NN(c3ccccn3)C(c3ccc(OCc4ccccc4)c(OCc4ccccc4)c3)C2)c(F)c1. The first-order valence-electron chi connectivity index (χ1n) is 13.3. The molecule has 1 aliphatic rings. The van der Waals surface area contributed by atoms with Crippen LogP contribution >= 0.6 is 0 Å². The average Bonchev–Trinajstić information content (AvgIpc) is 3.46. The Morgan fingerprint density at radius 3 is 2.05 bits per heavy atom. The number of nitrogens with zero attached hydrogens (tertiary/aromatic N) is 3. The van der Waals surface area contributed by atoms with Crippen LogP contribution in [0.1, 0.15) is 34.7 Å². The highest BCUT2D eigenvalue weighted by Gasteiger charge is 2.32. The number of anilines is 1. The van der Waals surface area contributed by atoms with E-state index in [4.69, 9.17) is 14.6 Å². The van der Waals surface area contributed by atoms with E-state index in [1.54, 1.807) is 11.2 Å². The molecule has 0 N–H and O–H groups in total. The molecular formula is C34H27F2N3O2. The molecule has 1 atom stereocenters. The molecule has 5 nitrogen and oxygen atoms in total. The lowest BCUT2D eigenvalue weighted by Crippen LogP contribution is -2.19. The third kappa shape index (κ3) is 6.09. The van der Waals surface area contributed by atoms with E-state index in [2.05, 4.69) is 4.98 Å². The first-order valence-corrected chi connectivity index (χ1v) is 13.3. The van der Waals surface area contributed by atoms with Crippen molar-refractivity contribution < 1.29 is 18.3 Å². The second kappa shape index (κ2) is 12.0. The summed E-state index contributed by atoms with van der Waals surface area (Å²) in [5.41, 5.74) is 3.74. The van der Waals surface area contributed by atoms with Crippen molar-refractivity contribution in [3.05, 3.63) is 155 Å². The fraction of sp³-hybridized carbons (Fsp3) is 0.118. The van der Waals surface area contributed by atoms with Gasteiger partial charge in [-0.1, -0.05) is 72.8 Å². The molecule has 41 heavy (non-hydrogen) atoms. The van der Waals surface area contributed by atoms with Crippen LogP contribution in [-0.4, -0.2) is 10.7 Å². The molecule has 1 unspecified atom stereocenters. The second-order valence-electron chi connectivity index (χ2n) is 9.68. The van der Waals surface area contributed by atoms with Gasteiger partial charge in [0.25, 0.3) is 0 Å². The normalized spacial score (nSPS) is 14.5. The van der Waals surface area contributed by atoms with Gasteiger partial charge in [0.05, 0.1) is 11.8 Å². The van der Waals surface area contributed by atoms with Crippen LogP contribution in [0.2, 0.25) is 0 Å². The summed E-state index contributed by atoms with van der Waals surface area (Å²) in [5.74, 6) is 0.536. The number of rotatable bonds is 9. The maximum Gasteiger partial charge on any atom is 0.162 e. The molecule has 6 rings (SSSR count). The lowest BCUT2D eigenvalue weighted by atomic mass is 9.97. The third-order valence-electron chi connectivity index (χ3n) is 6.86. The highest BCUT2D eigenvalue weighted by atomic mass is 19.1. The zero-order chi connectivity index (χ0) is 28.0. The van der Waals surface area contributed by atoms with Crippen molar-refractivity contribution in [2.45, 2.75) is 25.7 Å². The Morgan fingerprint density at radius 2 is 1.39 bits per heavy atom. The average molecular weight is 548 g/mol. The number of hydrogen-bond acceptors (Lipinski definition) is 5. The Balaban J connectivity index is 1.34. The molecule has 0 bridgehead atoms. The molecule has 1 aromatic heterocycles. The van der Waals surface area contributed by atoms with Crippen molar-refractivity contribution in [2.75, 3.05) is 5.01 Å². The van der Waals surface area contributed by atoms with E-state index in [0.717, 1.165) is 22.8 Å². The fourth-order valence-corrected chi connectivity index (χ4v) is 4.79. The van der Waals surface area contributed by atoms with Gasteiger partial charge < -0.3 is 9.47 Å².